The first-order valence-corrected chi connectivity index (χ1v) is 7.14. The van der Waals surface area contributed by atoms with Crippen molar-refractivity contribution in [2.75, 3.05) is 6.61 Å². The fourth-order valence-electron chi connectivity index (χ4n) is 2.82. The van der Waals surface area contributed by atoms with Crippen LogP contribution in [0.4, 0.5) is 13.6 Å². The van der Waals surface area contributed by atoms with E-state index in [4.69, 9.17) is 9.84 Å². The van der Waals surface area contributed by atoms with Crippen molar-refractivity contribution in [2.24, 2.45) is 0 Å². The predicted octanol–water partition coefficient (Wildman–Crippen LogP) is 3.20. The average Bonchev–Trinajstić information content (AvgIpc) is 2.86. The van der Waals surface area contributed by atoms with Crippen LogP contribution in [-0.2, 0) is 9.53 Å². The van der Waals surface area contributed by atoms with Crippen LogP contribution >= 0.6 is 0 Å². The molecule has 0 spiro atoms. The number of hydrogen-bond acceptors (Lipinski definition) is 3. The van der Waals surface area contributed by atoms with Gasteiger partial charge in [-0.25, -0.2) is 9.59 Å². The van der Waals surface area contributed by atoms with Crippen molar-refractivity contribution in [3.05, 3.63) is 59.7 Å². The van der Waals surface area contributed by atoms with Crippen LogP contribution in [0.1, 0.15) is 17.0 Å². The summed E-state index contributed by atoms with van der Waals surface area (Å²) in [6.45, 7) is -0.171. The largest absolute Gasteiger partial charge is 0.475 e. The van der Waals surface area contributed by atoms with Crippen molar-refractivity contribution in [3.63, 3.8) is 0 Å². The molecule has 0 atom stereocenters. The zero-order chi connectivity index (χ0) is 17.3. The normalized spacial score (nSPS) is 13.1. The van der Waals surface area contributed by atoms with Gasteiger partial charge in [0, 0.05) is 5.92 Å². The molecular formula is C17H13F2NO4. The third kappa shape index (κ3) is 2.80. The summed E-state index contributed by atoms with van der Waals surface area (Å²) in [5, 5.41) is 9.34. The monoisotopic (exact) mass is 333 g/mol. The quantitative estimate of drug-likeness (QED) is 0.843. The van der Waals surface area contributed by atoms with Crippen LogP contribution in [0, 0.1) is 0 Å². The average molecular weight is 333 g/mol. The van der Waals surface area contributed by atoms with Crippen LogP contribution in [-0.4, -0.2) is 29.8 Å². The molecule has 24 heavy (non-hydrogen) atoms. The summed E-state index contributed by atoms with van der Waals surface area (Å²) < 4.78 is 30.8. The third-order valence-corrected chi connectivity index (χ3v) is 3.87. The number of amides is 1. The lowest BCUT2D eigenvalue weighted by Crippen LogP contribution is -2.47. The lowest BCUT2D eigenvalue weighted by molar-refractivity contribution is -0.168. The van der Waals surface area contributed by atoms with E-state index in [2.05, 4.69) is 0 Å². The van der Waals surface area contributed by atoms with Gasteiger partial charge >= 0.3 is 18.1 Å². The topological polar surface area (TPSA) is 75.6 Å². The molecule has 0 fully saturated rings. The maximum Gasteiger partial charge on any atom is 0.425 e. The number of nitrogens with one attached hydrogen (secondary N) is 1. The number of alkyl carbamates (subject to hydrolysis) is 1. The van der Waals surface area contributed by atoms with Crippen molar-refractivity contribution in [3.8, 4) is 11.1 Å². The van der Waals surface area contributed by atoms with Gasteiger partial charge < -0.3 is 9.84 Å². The second kappa shape index (κ2) is 5.92. The molecule has 0 unspecified atom stereocenters. The zero-order valence-electron chi connectivity index (χ0n) is 12.3. The third-order valence-electron chi connectivity index (χ3n) is 3.87. The van der Waals surface area contributed by atoms with Gasteiger partial charge in [0.15, 0.2) is 0 Å². The Morgan fingerprint density at radius 1 is 1.04 bits per heavy atom. The first kappa shape index (κ1) is 15.9. The van der Waals surface area contributed by atoms with E-state index in [1.54, 1.807) is 0 Å². The van der Waals surface area contributed by atoms with Crippen LogP contribution < -0.4 is 5.32 Å². The van der Waals surface area contributed by atoms with E-state index in [1.165, 1.54) is 0 Å². The van der Waals surface area contributed by atoms with Crippen molar-refractivity contribution >= 4 is 12.1 Å². The van der Waals surface area contributed by atoms with E-state index in [9.17, 15) is 18.4 Å². The molecule has 7 heteroatoms. The highest BCUT2D eigenvalue weighted by Gasteiger charge is 2.41. The molecule has 2 aromatic rings. The van der Waals surface area contributed by atoms with Gasteiger partial charge in [0.05, 0.1) is 0 Å². The molecule has 1 aliphatic carbocycles. The Balaban J connectivity index is 1.76. The molecule has 0 saturated heterocycles. The van der Waals surface area contributed by atoms with Crippen molar-refractivity contribution in [2.45, 2.75) is 12.0 Å². The molecule has 0 saturated carbocycles. The van der Waals surface area contributed by atoms with E-state index in [-0.39, 0.29) is 12.5 Å². The summed E-state index contributed by atoms with van der Waals surface area (Å²) in [5.41, 5.74) is 3.85. The van der Waals surface area contributed by atoms with Crippen LogP contribution in [0.5, 0.6) is 0 Å². The van der Waals surface area contributed by atoms with Crippen molar-refractivity contribution in [1.29, 1.82) is 0 Å². The molecule has 2 aromatic carbocycles. The maximum atomic E-state index is 13.0. The highest BCUT2D eigenvalue weighted by Crippen LogP contribution is 2.44. The fourth-order valence-corrected chi connectivity index (χ4v) is 2.82. The minimum Gasteiger partial charge on any atom is -0.475 e. The number of carbonyl (C=O) groups excluding carboxylic acids is 1. The smallest absolute Gasteiger partial charge is 0.425 e. The van der Waals surface area contributed by atoms with E-state index < -0.39 is 18.1 Å². The Labute approximate surface area is 135 Å². The summed E-state index contributed by atoms with van der Waals surface area (Å²) in [4.78, 5) is 21.8. The minimum atomic E-state index is -4.37. The molecule has 2 N–H and O–H groups in total. The molecular weight excluding hydrogens is 320 g/mol. The predicted molar refractivity (Wildman–Crippen MR) is 80.8 cm³/mol. The number of carbonyl (C=O) groups is 2. The number of carboxylic acid groups (broad SMARTS) is 1. The van der Waals surface area contributed by atoms with Crippen molar-refractivity contribution < 1.29 is 28.2 Å². The summed E-state index contributed by atoms with van der Waals surface area (Å²) in [5.74, 6) is -2.74. The fraction of sp³-hybridized carbons (Fsp3) is 0.176. The number of benzene rings is 2. The summed E-state index contributed by atoms with van der Waals surface area (Å²) in [6.07, 6.45) is -1.48. The molecule has 0 aromatic heterocycles. The van der Waals surface area contributed by atoms with E-state index >= 15 is 0 Å². The molecule has 1 aliphatic rings. The number of hydrogen-bond donors (Lipinski definition) is 2. The van der Waals surface area contributed by atoms with Gasteiger partial charge in [-0.15, -0.1) is 0 Å². The summed E-state index contributed by atoms with van der Waals surface area (Å²) in [6, 6.07) is 10.7. The van der Waals surface area contributed by atoms with Gasteiger partial charge in [0.1, 0.15) is 6.61 Å². The molecule has 0 heterocycles. The molecule has 0 radical (unpaired) electrons. The van der Waals surface area contributed by atoms with Gasteiger partial charge in [0.25, 0.3) is 0 Å². The number of aliphatic carboxylic acids is 1. The Morgan fingerprint density at radius 3 is 2.04 bits per heavy atom. The highest BCUT2D eigenvalue weighted by molar-refractivity contribution is 5.81. The molecule has 124 valence electrons. The van der Waals surface area contributed by atoms with E-state index in [0.29, 0.717) is 0 Å². The first-order chi connectivity index (χ1) is 11.4. The molecule has 3 rings (SSSR count). The number of halogens is 2. The van der Waals surface area contributed by atoms with E-state index in [0.717, 1.165) is 27.6 Å². The van der Waals surface area contributed by atoms with Gasteiger partial charge in [-0.05, 0) is 22.3 Å². The lowest BCUT2D eigenvalue weighted by atomic mass is 9.98. The summed E-state index contributed by atoms with van der Waals surface area (Å²) >= 11 is 0. The zero-order valence-corrected chi connectivity index (χ0v) is 12.3. The summed E-state index contributed by atoms with van der Waals surface area (Å²) in [7, 11) is 0. The first-order valence-electron chi connectivity index (χ1n) is 7.14. The second-order valence-electron chi connectivity index (χ2n) is 5.33. The maximum absolute atomic E-state index is 13.0. The van der Waals surface area contributed by atoms with Crippen LogP contribution in [0.25, 0.3) is 11.1 Å². The number of carboxylic acids is 1. The Bertz CT molecular complexity index is 761. The van der Waals surface area contributed by atoms with Gasteiger partial charge in [-0.2, -0.15) is 8.78 Å². The second-order valence-corrected chi connectivity index (χ2v) is 5.33. The molecule has 1 amide bonds. The number of ether oxygens (including phenoxy) is 1. The van der Waals surface area contributed by atoms with Gasteiger partial charge in [-0.1, -0.05) is 48.5 Å². The Kier molecular flexibility index (Phi) is 3.92. The van der Waals surface area contributed by atoms with Crippen LogP contribution in [0.3, 0.4) is 0 Å². The Morgan fingerprint density at radius 2 is 1.54 bits per heavy atom. The van der Waals surface area contributed by atoms with Crippen LogP contribution in [0.15, 0.2) is 48.5 Å². The van der Waals surface area contributed by atoms with Gasteiger partial charge in [-0.3, -0.25) is 5.32 Å². The SMILES string of the molecule is O=C(NC(F)(F)C(=O)O)OCC1c2ccccc2-c2ccccc21. The lowest BCUT2D eigenvalue weighted by Gasteiger charge is -2.16. The molecule has 5 nitrogen and oxygen atoms in total. The number of alkyl halides is 2. The van der Waals surface area contributed by atoms with E-state index in [1.807, 2.05) is 48.5 Å². The number of rotatable bonds is 4. The Hall–Kier alpha value is -2.96. The van der Waals surface area contributed by atoms with Gasteiger partial charge in [0.2, 0.25) is 0 Å². The number of fused-ring (bicyclic) bond motifs is 3. The highest BCUT2D eigenvalue weighted by atomic mass is 19.3. The molecule has 0 aliphatic heterocycles. The standard InChI is InChI=1S/C17H13F2NO4/c18-17(19,15(21)22)20-16(23)24-9-14-12-7-3-1-5-10(12)11-6-2-4-8-13(11)14/h1-8,14H,9H2,(H,20,23)(H,21,22). The molecule has 0 bridgehead atoms. The minimum absolute atomic E-state index is 0.171. The van der Waals surface area contributed by atoms with Crippen molar-refractivity contribution in [1.82, 2.24) is 5.32 Å². The van der Waals surface area contributed by atoms with Crippen LogP contribution in [0.2, 0.25) is 0 Å².